The Balaban J connectivity index is 0.00000121. The number of pyridine rings is 1. The molecule has 0 fully saturated rings. The third-order valence-electron chi connectivity index (χ3n) is 4.53. The fraction of sp³-hybridized carbons (Fsp3) is 0.158. The van der Waals surface area contributed by atoms with Crippen LogP contribution in [-0.2, 0) is 6.54 Å². The van der Waals surface area contributed by atoms with E-state index in [-0.39, 0.29) is 36.2 Å². The topological polar surface area (TPSA) is 91.1 Å². The van der Waals surface area contributed by atoms with E-state index < -0.39 is 0 Å². The van der Waals surface area contributed by atoms with Gasteiger partial charge in [-0.1, -0.05) is 30.3 Å². The van der Waals surface area contributed by atoms with E-state index in [1.807, 2.05) is 18.2 Å². The Morgan fingerprint density at radius 1 is 0.923 bits per heavy atom. The van der Waals surface area contributed by atoms with Crippen molar-refractivity contribution in [2.45, 2.75) is 13.0 Å². The van der Waals surface area contributed by atoms with Gasteiger partial charge in [0.15, 0.2) is 5.78 Å². The lowest BCUT2D eigenvalue weighted by molar-refractivity contribution is 0.104. The molecule has 136 valence electrons. The number of halogens is 2. The number of aromatic nitrogens is 1. The number of fused-ring (bicyclic) bond motifs is 5. The highest BCUT2D eigenvalue weighted by atomic mass is 35.5. The highest BCUT2D eigenvalue weighted by Gasteiger charge is 2.32. The zero-order valence-electron chi connectivity index (χ0n) is 13.9. The number of hydrogen-bond donors (Lipinski definition) is 2. The maximum absolute atomic E-state index is 13.0. The summed E-state index contributed by atoms with van der Waals surface area (Å²) in [6.45, 7) is 0.954. The van der Waals surface area contributed by atoms with Crippen LogP contribution in [0.15, 0.2) is 47.3 Å². The molecule has 7 heteroatoms. The van der Waals surface area contributed by atoms with Crippen molar-refractivity contribution in [1.82, 2.24) is 4.57 Å². The van der Waals surface area contributed by atoms with Gasteiger partial charge in [0.05, 0.1) is 11.3 Å². The van der Waals surface area contributed by atoms with E-state index in [1.54, 1.807) is 28.8 Å². The standard InChI is InChI=1S/C19H17N3O2.2ClH/c20-8-3-9-22-17-13-4-1-2-5-14(13)18(23)16(17)12-7-6-11(21)10-15(12)19(22)24;;/h1-2,4-7,10H,3,8-9,20-21H2;2*1H. The van der Waals surface area contributed by atoms with Crippen molar-refractivity contribution < 1.29 is 4.79 Å². The van der Waals surface area contributed by atoms with Crippen LogP contribution in [0.5, 0.6) is 0 Å². The number of hydrogen-bond acceptors (Lipinski definition) is 4. The molecule has 0 bridgehead atoms. The molecule has 1 heterocycles. The maximum atomic E-state index is 13.0. The van der Waals surface area contributed by atoms with Crippen molar-refractivity contribution in [2.24, 2.45) is 5.73 Å². The lowest BCUT2D eigenvalue weighted by Gasteiger charge is -2.15. The average Bonchev–Trinajstić information content (AvgIpc) is 2.89. The number of nitrogen functional groups attached to an aromatic ring is 1. The van der Waals surface area contributed by atoms with Gasteiger partial charge >= 0.3 is 0 Å². The minimum Gasteiger partial charge on any atom is -0.399 e. The van der Waals surface area contributed by atoms with Gasteiger partial charge in [0.2, 0.25) is 0 Å². The molecule has 0 saturated carbocycles. The number of ketones is 1. The lowest BCUT2D eigenvalue weighted by Crippen LogP contribution is -2.24. The quantitative estimate of drug-likeness (QED) is 0.525. The van der Waals surface area contributed by atoms with Crippen molar-refractivity contribution in [2.75, 3.05) is 12.3 Å². The molecule has 0 radical (unpaired) electrons. The molecule has 4 N–H and O–H groups in total. The molecule has 26 heavy (non-hydrogen) atoms. The molecule has 0 amide bonds. The largest absolute Gasteiger partial charge is 0.399 e. The van der Waals surface area contributed by atoms with E-state index in [2.05, 4.69) is 0 Å². The van der Waals surface area contributed by atoms with Crippen LogP contribution in [0.3, 0.4) is 0 Å². The lowest BCUT2D eigenvalue weighted by atomic mass is 10.0. The molecule has 4 rings (SSSR count). The minimum absolute atomic E-state index is 0. The summed E-state index contributed by atoms with van der Waals surface area (Å²) in [4.78, 5) is 26.0. The summed E-state index contributed by atoms with van der Waals surface area (Å²) in [6, 6.07) is 12.5. The number of anilines is 1. The van der Waals surface area contributed by atoms with Crippen molar-refractivity contribution in [3.63, 3.8) is 0 Å². The number of nitrogens with zero attached hydrogens (tertiary/aromatic N) is 1. The van der Waals surface area contributed by atoms with Gasteiger partial charge in [-0.15, -0.1) is 24.8 Å². The first-order chi connectivity index (χ1) is 11.6. The van der Waals surface area contributed by atoms with Gasteiger partial charge in [0.25, 0.3) is 5.56 Å². The molecule has 0 atom stereocenters. The first kappa shape index (κ1) is 20.0. The second-order valence-electron chi connectivity index (χ2n) is 6.00. The smallest absolute Gasteiger partial charge is 0.259 e. The van der Waals surface area contributed by atoms with Gasteiger partial charge < -0.3 is 16.0 Å². The Kier molecular flexibility index (Phi) is 5.76. The van der Waals surface area contributed by atoms with Gasteiger partial charge in [-0.25, -0.2) is 0 Å². The van der Waals surface area contributed by atoms with E-state index in [1.165, 1.54) is 0 Å². The average molecular weight is 392 g/mol. The van der Waals surface area contributed by atoms with E-state index in [0.29, 0.717) is 52.8 Å². The molecule has 0 unspecified atom stereocenters. The fourth-order valence-corrected chi connectivity index (χ4v) is 3.46. The van der Waals surface area contributed by atoms with Gasteiger partial charge in [0, 0.05) is 34.1 Å². The molecule has 3 aromatic rings. The van der Waals surface area contributed by atoms with Gasteiger partial charge in [0.1, 0.15) is 0 Å². The SMILES string of the molecule is Cl.Cl.NCCCn1c2c(c3ccc(N)cc3c1=O)C(=O)c1ccccc1-2. The van der Waals surface area contributed by atoms with Crippen molar-refractivity contribution in [3.05, 3.63) is 63.9 Å². The third-order valence-corrected chi connectivity index (χ3v) is 4.53. The molecule has 0 aliphatic heterocycles. The molecule has 1 aromatic heterocycles. The number of carbonyl (C=O) groups is 1. The van der Waals surface area contributed by atoms with Crippen LogP contribution in [0, 0.1) is 0 Å². The van der Waals surface area contributed by atoms with Gasteiger partial charge in [-0.3, -0.25) is 9.59 Å². The molecular formula is C19H19Cl2N3O2. The molecular weight excluding hydrogens is 373 g/mol. The summed E-state index contributed by atoms with van der Waals surface area (Å²) in [5, 5.41) is 1.14. The number of rotatable bonds is 3. The predicted octanol–water partition coefficient (Wildman–Crippen LogP) is 2.99. The molecule has 0 spiro atoms. The zero-order chi connectivity index (χ0) is 16.8. The molecule has 1 aliphatic carbocycles. The first-order valence-electron chi connectivity index (χ1n) is 7.93. The summed E-state index contributed by atoms with van der Waals surface area (Å²) < 4.78 is 1.67. The second kappa shape index (κ2) is 7.50. The van der Waals surface area contributed by atoms with Crippen molar-refractivity contribution in [3.8, 4) is 11.3 Å². The van der Waals surface area contributed by atoms with Crippen LogP contribution < -0.4 is 17.0 Å². The van der Waals surface area contributed by atoms with Gasteiger partial charge in [-0.05, 0) is 25.1 Å². The molecule has 1 aliphatic rings. The number of nitrogens with two attached hydrogens (primary N) is 2. The second-order valence-corrected chi connectivity index (χ2v) is 6.00. The van der Waals surface area contributed by atoms with Crippen LogP contribution in [0.2, 0.25) is 0 Å². The normalized spacial score (nSPS) is 11.5. The monoisotopic (exact) mass is 391 g/mol. The summed E-state index contributed by atoms with van der Waals surface area (Å²) in [6.07, 6.45) is 0.663. The molecule has 2 aromatic carbocycles. The number of carbonyl (C=O) groups excluding carboxylic acids is 1. The summed E-state index contributed by atoms with van der Waals surface area (Å²) >= 11 is 0. The van der Waals surface area contributed by atoms with Crippen LogP contribution in [0.25, 0.3) is 22.0 Å². The van der Waals surface area contributed by atoms with Crippen molar-refractivity contribution >= 4 is 47.1 Å². The van der Waals surface area contributed by atoms with Crippen molar-refractivity contribution in [1.29, 1.82) is 0 Å². The van der Waals surface area contributed by atoms with Crippen LogP contribution in [0.4, 0.5) is 5.69 Å². The minimum atomic E-state index is -0.131. The first-order valence-corrected chi connectivity index (χ1v) is 7.93. The van der Waals surface area contributed by atoms with E-state index >= 15 is 0 Å². The maximum Gasteiger partial charge on any atom is 0.259 e. The molecule has 0 saturated heterocycles. The van der Waals surface area contributed by atoms with Crippen LogP contribution in [-0.4, -0.2) is 16.9 Å². The van der Waals surface area contributed by atoms with E-state index in [4.69, 9.17) is 11.5 Å². The highest BCUT2D eigenvalue weighted by molar-refractivity contribution is 6.26. The van der Waals surface area contributed by atoms with Crippen LogP contribution >= 0.6 is 24.8 Å². The van der Waals surface area contributed by atoms with E-state index in [9.17, 15) is 9.59 Å². The Morgan fingerprint density at radius 3 is 2.31 bits per heavy atom. The van der Waals surface area contributed by atoms with Crippen LogP contribution in [0.1, 0.15) is 22.3 Å². The Bertz CT molecular complexity index is 1060. The number of benzene rings is 2. The highest BCUT2D eigenvalue weighted by Crippen LogP contribution is 2.39. The van der Waals surface area contributed by atoms with E-state index in [0.717, 1.165) is 5.56 Å². The predicted molar refractivity (Wildman–Crippen MR) is 110 cm³/mol. The zero-order valence-corrected chi connectivity index (χ0v) is 15.5. The Labute approximate surface area is 162 Å². The summed E-state index contributed by atoms with van der Waals surface area (Å²) in [5.41, 5.74) is 14.6. The summed E-state index contributed by atoms with van der Waals surface area (Å²) in [5.74, 6) is -0.0446. The Morgan fingerprint density at radius 2 is 1.62 bits per heavy atom. The fourth-order valence-electron chi connectivity index (χ4n) is 3.46. The third kappa shape index (κ3) is 2.78. The van der Waals surface area contributed by atoms with Gasteiger partial charge in [-0.2, -0.15) is 0 Å². The Hall–Kier alpha value is -2.34. The summed E-state index contributed by atoms with van der Waals surface area (Å²) in [7, 11) is 0. The molecule has 5 nitrogen and oxygen atoms in total.